The van der Waals surface area contributed by atoms with Crippen molar-refractivity contribution in [3.63, 3.8) is 0 Å². The predicted octanol–water partition coefficient (Wildman–Crippen LogP) is 0.108. The van der Waals surface area contributed by atoms with Gasteiger partial charge >= 0.3 is 0 Å². The molecule has 0 radical (unpaired) electrons. The zero-order valence-corrected chi connectivity index (χ0v) is 9.28. The lowest BCUT2D eigenvalue weighted by molar-refractivity contribution is -0.0515. The Morgan fingerprint density at radius 2 is 1.60 bits per heavy atom. The molecule has 2 fully saturated rings. The van der Waals surface area contributed by atoms with E-state index in [1.807, 2.05) is 0 Å². The van der Waals surface area contributed by atoms with Crippen molar-refractivity contribution < 1.29 is 14.6 Å². The van der Waals surface area contributed by atoms with Crippen LogP contribution in [0.15, 0.2) is 0 Å². The third-order valence-corrected chi connectivity index (χ3v) is 3.55. The number of ether oxygens (including phenoxy) is 2. The van der Waals surface area contributed by atoms with E-state index in [0.717, 1.165) is 58.9 Å². The second kappa shape index (κ2) is 5.25. The molecule has 1 N–H and O–H groups in total. The van der Waals surface area contributed by atoms with E-state index in [2.05, 4.69) is 4.90 Å². The molecule has 15 heavy (non-hydrogen) atoms. The van der Waals surface area contributed by atoms with Gasteiger partial charge in [0.05, 0.1) is 19.8 Å². The van der Waals surface area contributed by atoms with Crippen molar-refractivity contribution in [2.45, 2.75) is 12.8 Å². The number of morpholine rings is 1. The van der Waals surface area contributed by atoms with Crippen LogP contribution in [0.1, 0.15) is 12.8 Å². The van der Waals surface area contributed by atoms with Crippen LogP contribution >= 0.6 is 0 Å². The van der Waals surface area contributed by atoms with Gasteiger partial charge in [0.1, 0.15) is 0 Å². The summed E-state index contributed by atoms with van der Waals surface area (Å²) in [5.74, 6) is 0. The van der Waals surface area contributed by atoms with E-state index in [4.69, 9.17) is 9.47 Å². The lowest BCUT2D eigenvalue weighted by Gasteiger charge is -2.40. The first-order chi connectivity index (χ1) is 7.35. The Morgan fingerprint density at radius 3 is 2.20 bits per heavy atom. The maximum Gasteiger partial charge on any atom is 0.0594 e. The topological polar surface area (TPSA) is 41.9 Å². The van der Waals surface area contributed by atoms with Gasteiger partial charge in [0.25, 0.3) is 0 Å². The number of hydrogen-bond donors (Lipinski definition) is 1. The summed E-state index contributed by atoms with van der Waals surface area (Å²) in [4.78, 5) is 2.41. The molecule has 0 aromatic heterocycles. The number of rotatable bonds is 3. The van der Waals surface area contributed by atoms with Crippen LogP contribution in [0.3, 0.4) is 0 Å². The summed E-state index contributed by atoms with van der Waals surface area (Å²) in [6.07, 6.45) is 1.97. The largest absolute Gasteiger partial charge is 0.396 e. The van der Waals surface area contributed by atoms with E-state index in [1.54, 1.807) is 0 Å². The molecule has 2 saturated heterocycles. The first-order valence-electron chi connectivity index (χ1n) is 5.83. The van der Waals surface area contributed by atoms with Crippen LogP contribution < -0.4 is 0 Å². The van der Waals surface area contributed by atoms with Crippen LogP contribution in [0, 0.1) is 5.41 Å². The van der Waals surface area contributed by atoms with Gasteiger partial charge in [-0.3, -0.25) is 4.90 Å². The molecule has 0 spiro atoms. The predicted molar refractivity (Wildman–Crippen MR) is 56.8 cm³/mol. The fourth-order valence-corrected chi connectivity index (χ4v) is 2.40. The Bertz CT molecular complexity index is 186. The highest BCUT2D eigenvalue weighted by Crippen LogP contribution is 2.31. The van der Waals surface area contributed by atoms with Gasteiger partial charge in [0.15, 0.2) is 0 Å². The summed E-state index contributed by atoms with van der Waals surface area (Å²) in [6, 6.07) is 0. The average molecular weight is 215 g/mol. The van der Waals surface area contributed by atoms with Crippen molar-refractivity contribution in [3.05, 3.63) is 0 Å². The van der Waals surface area contributed by atoms with Gasteiger partial charge in [-0.2, -0.15) is 0 Å². The van der Waals surface area contributed by atoms with Gasteiger partial charge < -0.3 is 14.6 Å². The molecule has 4 nitrogen and oxygen atoms in total. The Hall–Kier alpha value is -0.160. The normalized spacial score (nSPS) is 27.8. The highest BCUT2D eigenvalue weighted by atomic mass is 16.5. The molecule has 4 heteroatoms. The lowest BCUT2D eigenvalue weighted by atomic mass is 9.80. The van der Waals surface area contributed by atoms with E-state index in [1.165, 1.54) is 0 Å². The minimum absolute atomic E-state index is 0.0790. The molecule has 0 bridgehead atoms. The number of aliphatic hydroxyl groups excluding tert-OH is 1. The van der Waals surface area contributed by atoms with E-state index in [0.29, 0.717) is 0 Å². The number of hydrogen-bond acceptors (Lipinski definition) is 4. The monoisotopic (exact) mass is 215 g/mol. The molecule has 0 saturated carbocycles. The average Bonchev–Trinajstić information content (AvgIpc) is 2.32. The molecular weight excluding hydrogens is 194 g/mol. The van der Waals surface area contributed by atoms with Crippen LogP contribution in [0.2, 0.25) is 0 Å². The number of aliphatic hydroxyl groups is 1. The van der Waals surface area contributed by atoms with Gasteiger partial charge in [-0.1, -0.05) is 0 Å². The molecule has 2 aliphatic rings. The van der Waals surface area contributed by atoms with Crippen LogP contribution in [0.4, 0.5) is 0 Å². The fourth-order valence-electron chi connectivity index (χ4n) is 2.40. The van der Waals surface area contributed by atoms with E-state index in [-0.39, 0.29) is 12.0 Å². The minimum atomic E-state index is 0.0790. The van der Waals surface area contributed by atoms with Crippen molar-refractivity contribution >= 4 is 0 Å². The van der Waals surface area contributed by atoms with Crippen LogP contribution in [0.25, 0.3) is 0 Å². The maximum atomic E-state index is 9.56. The zero-order chi connectivity index (χ0) is 10.6. The second-order valence-electron chi connectivity index (χ2n) is 4.66. The molecular formula is C11H21NO3. The number of nitrogens with zero attached hydrogens (tertiary/aromatic N) is 1. The molecule has 0 unspecified atom stereocenters. The first-order valence-corrected chi connectivity index (χ1v) is 5.83. The van der Waals surface area contributed by atoms with Crippen LogP contribution in [-0.4, -0.2) is 62.7 Å². The molecule has 2 aliphatic heterocycles. The summed E-state index contributed by atoms with van der Waals surface area (Å²) in [5.41, 5.74) is 0.0790. The van der Waals surface area contributed by atoms with Gasteiger partial charge in [0, 0.05) is 38.3 Å². The molecule has 0 atom stereocenters. The third kappa shape index (κ3) is 2.91. The Kier molecular flexibility index (Phi) is 3.97. The van der Waals surface area contributed by atoms with E-state index < -0.39 is 0 Å². The van der Waals surface area contributed by atoms with Gasteiger partial charge in [-0.05, 0) is 12.8 Å². The van der Waals surface area contributed by atoms with Crippen LogP contribution in [0.5, 0.6) is 0 Å². The summed E-state index contributed by atoms with van der Waals surface area (Å²) in [7, 11) is 0. The van der Waals surface area contributed by atoms with Crippen molar-refractivity contribution in [1.29, 1.82) is 0 Å². The van der Waals surface area contributed by atoms with Gasteiger partial charge in [-0.15, -0.1) is 0 Å². The Labute approximate surface area is 91.2 Å². The standard InChI is InChI=1S/C11H21NO3/c13-10-11(1-5-14-6-2-11)9-12-3-7-15-8-4-12/h13H,1-10H2. The third-order valence-electron chi connectivity index (χ3n) is 3.55. The van der Waals surface area contributed by atoms with Crippen LogP contribution in [-0.2, 0) is 9.47 Å². The minimum Gasteiger partial charge on any atom is -0.396 e. The van der Waals surface area contributed by atoms with Crippen molar-refractivity contribution in [1.82, 2.24) is 4.90 Å². The summed E-state index contributed by atoms with van der Waals surface area (Å²) in [5, 5.41) is 9.56. The molecule has 2 rings (SSSR count). The molecule has 2 heterocycles. The molecule has 0 aliphatic carbocycles. The first kappa shape index (κ1) is 11.3. The molecule has 0 amide bonds. The molecule has 88 valence electrons. The quantitative estimate of drug-likeness (QED) is 0.725. The van der Waals surface area contributed by atoms with E-state index >= 15 is 0 Å². The van der Waals surface area contributed by atoms with Gasteiger partial charge in [-0.25, -0.2) is 0 Å². The molecule has 0 aromatic carbocycles. The SMILES string of the molecule is OCC1(CN2CCOCC2)CCOCC1. The fraction of sp³-hybridized carbons (Fsp3) is 1.00. The molecule has 0 aromatic rings. The highest BCUT2D eigenvalue weighted by Gasteiger charge is 2.34. The Balaban J connectivity index is 1.87. The highest BCUT2D eigenvalue weighted by molar-refractivity contribution is 4.85. The second-order valence-corrected chi connectivity index (χ2v) is 4.66. The van der Waals surface area contributed by atoms with Crippen molar-refractivity contribution in [2.75, 3.05) is 52.7 Å². The van der Waals surface area contributed by atoms with Crippen molar-refractivity contribution in [3.8, 4) is 0 Å². The lowest BCUT2D eigenvalue weighted by Crippen LogP contribution is -2.47. The summed E-state index contributed by atoms with van der Waals surface area (Å²) < 4.78 is 10.7. The zero-order valence-electron chi connectivity index (χ0n) is 9.28. The maximum absolute atomic E-state index is 9.56. The van der Waals surface area contributed by atoms with E-state index in [9.17, 15) is 5.11 Å². The van der Waals surface area contributed by atoms with Gasteiger partial charge in [0.2, 0.25) is 0 Å². The summed E-state index contributed by atoms with van der Waals surface area (Å²) in [6.45, 7) is 6.54. The Morgan fingerprint density at radius 1 is 1.00 bits per heavy atom. The smallest absolute Gasteiger partial charge is 0.0594 e. The summed E-state index contributed by atoms with van der Waals surface area (Å²) >= 11 is 0. The van der Waals surface area contributed by atoms with Crippen molar-refractivity contribution in [2.24, 2.45) is 5.41 Å².